The number of nitrogens with one attached hydrogen (secondary N) is 1. The van der Waals surface area contributed by atoms with Crippen LogP contribution in [0.25, 0.3) is 0 Å². The lowest BCUT2D eigenvalue weighted by Crippen LogP contribution is -2.24. The molecule has 0 fully saturated rings. The van der Waals surface area contributed by atoms with Gasteiger partial charge in [0.25, 0.3) is 5.91 Å². The Kier molecular flexibility index (Phi) is 6.36. The lowest BCUT2D eigenvalue weighted by Gasteiger charge is -2.06. The maximum atomic E-state index is 11.9. The Morgan fingerprint density at radius 3 is 2.83 bits per heavy atom. The molecule has 0 aliphatic heterocycles. The van der Waals surface area contributed by atoms with Crippen LogP contribution in [-0.4, -0.2) is 17.4 Å². The molecule has 0 saturated heterocycles. The molecule has 0 saturated carbocycles. The van der Waals surface area contributed by atoms with Crippen molar-refractivity contribution in [3.05, 3.63) is 35.4 Å². The lowest BCUT2D eigenvalue weighted by molar-refractivity contribution is 0.0953. The maximum Gasteiger partial charge on any atom is 0.251 e. The quantitative estimate of drug-likeness (QED) is 0.587. The van der Waals surface area contributed by atoms with Gasteiger partial charge in [0.1, 0.15) is 0 Å². The molecule has 0 aliphatic rings. The average Bonchev–Trinajstić information content (AvgIpc) is 2.34. The van der Waals surface area contributed by atoms with Gasteiger partial charge in [-0.15, -0.1) is 0 Å². The van der Waals surface area contributed by atoms with Gasteiger partial charge in [-0.1, -0.05) is 44.1 Å². The van der Waals surface area contributed by atoms with E-state index in [1.54, 1.807) is 6.07 Å². The van der Waals surface area contributed by atoms with Crippen molar-refractivity contribution >= 4 is 23.1 Å². The number of hydrogen-bond donors (Lipinski definition) is 2. The molecule has 0 aliphatic carbocycles. The van der Waals surface area contributed by atoms with Crippen LogP contribution in [0.1, 0.15) is 42.1 Å². The number of unbranched alkanes of at least 4 members (excludes halogenated alkanes) is 2. The number of carbonyl (C=O) groups excluding carboxylic acids is 1. The van der Waals surface area contributed by atoms with Crippen molar-refractivity contribution in [1.82, 2.24) is 5.32 Å². The van der Waals surface area contributed by atoms with Crippen molar-refractivity contribution < 1.29 is 4.79 Å². The summed E-state index contributed by atoms with van der Waals surface area (Å²) in [4.78, 5) is 12.3. The number of benzene rings is 1. The van der Waals surface area contributed by atoms with E-state index in [2.05, 4.69) is 12.2 Å². The molecule has 0 atom stereocenters. The molecule has 3 nitrogen and oxygen atoms in total. The highest BCUT2D eigenvalue weighted by Crippen LogP contribution is 2.06. The normalized spacial score (nSPS) is 10.1. The summed E-state index contributed by atoms with van der Waals surface area (Å²) in [6.07, 6.45) is 3.85. The number of thiocarbonyl (C=S) groups is 1. The fourth-order valence-electron chi connectivity index (χ4n) is 1.70. The summed E-state index contributed by atoms with van der Waals surface area (Å²) in [7, 11) is 0. The van der Waals surface area contributed by atoms with E-state index in [1.165, 1.54) is 0 Å². The molecule has 0 heterocycles. The van der Waals surface area contributed by atoms with E-state index in [9.17, 15) is 4.79 Å². The molecule has 0 spiro atoms. The smallest absolute Gasteiger partial charge is 0.251 e. The minimum absolute atomic E-state index is 0.0316. The van der Waals surface area contributed by atoms with Crippen molar-refractivity contribution in [3.63, 3.8) is 0 Å². The van der Waals surface area contributed by atoms with Gasteiger partial charge >= 0.3 is 0 Å². The molecule has 4 heteroatoms. The van der Waals surface area contributed by atoms with E-state index >= 15 is 0 Å². The zero-order chi connectivity index (χ0) is 13.4. The van der Waals surface area contributed by atoms with Crippen molar-refractivity contribution in [1.29, 1.82) is 0 Å². The number of carbonyl (C=O) groups is 1. The minimum atomic E-state index is -0.0316. The highest BCUT2D eigenvalue weighted by molar-refractivity contribution is 7.80. The Bertz CT molecular complexity index is 418. The number of hydrogen-bond acceptors (Lipinski definition) is 2. The van der Waals surface area contributed by atoms with Crippen LogP contribution in [0.4, 0.5) is 0 Å². The van der Waals surface area contributed by atoms with Crippen LogP contribution in [0.2, 0.25) is 0 Å². The summed E-state index contributed by atoms with van der Waals surface area (Å²) < 4.78 is 0. The van der Waals surface area contributed by atoms with Gasteiger partial charge in [0.15, 0.2) is 0 Å². The predicted octanol–water partition coefficient (Wildman–Crippen LogP) is 2.44. The van der Waals surface area contributed by atoms with Gasteiger partial charge in [-0.2, -0.15) is 0 Å². The van der Waals surface area contributed by atoms with E-state index in [-0.39, 0.29) is 5.91 Å². The lowest BCUT2D eigenvalue weighted by atomic mass is 10.1. The van der Waals surface area contributed by atoms with Crippen molar-refractivity contribution in [3.8, 4) is 0 Å². The molecule has 1 aromatic rings. The molecule has 1 amide bonds. The van der Waals surface area contributed by atoms with Gasteiger partial charge in [-0.05, 0) is 24.1 Å². The van der Waals surface area contributed by atoms with Crippen LogP contribution >= 0.6 is 12.2 Å². The SMILES string of the molecule is CCCCCNC(=O)c1cccc(CC(N)=S)c1. The Balaban J connectivity index is 2.54. The summed E-state index contributed by atoms with van der Waals surface area (Å²) in [5.41, 5.74) is 7.14. The largest absolute Gasteiger partial charge is 0.393 e. The second-order valence-corrected chi connectivity index (χ2v) is 4.83. The van der Waals surface area contributed by atoms with Crippen molar-refractivity contribution in [2.75, 3.05) is 6.54 Å². The van der Waals surface area contributed by atoms with E-state index < -0.39 is 0 Å². The monoisotopic (exact) mass is 264 g/mol. The Labute approximate surface area is 114 Å². The summed E-state index contributed by atoms with van der Waals surface area (Å²) in [6, 6.07) is 7.42. The first-order valence-corrected chi connectivity index (χ1v) is 6.69. The summed E-state index contributed by atoms with van der Waals surface area (Å²) in [5.74, 6) is -0.0316. The van der Waals surface area contributed by atoms with E-state index in [1.807, 2.05) is 18.2 Å². The molecular weight excluding hydrogens is 244 g/mol. The molecule has 98 valence electrons. The van der Waals surface area contributed by atoms with Crippen molar-refractivity contribution in [2.24, 2.45) is 5.73 Å². The Hall–Kier alpha value is -1.42. The van der Waals surface area contributed by atoms with Crippen LogP contribution in [0, 0.1) is 0 Å². The third-order valence-electron chi connectivity index (χ3n) is 2.63. The van der Waals surface area contributed by atoms with Gasteiger partial charge in [0.05, 0.1) is 4.99 Å². The van der Waals surface area contributed by atoms with Crippen molar-refractivity contribution in [2.45, 2.75) is 32.6 Å². The van der Waals surface area contributed by atoms with E-state index in [0.717, 1.165) is 31.4 Å². The summed E-state index contributed by atoms with van der Waals surface area (Å²) in [6.45, 7) is 2.87. The fourth-order valence-corrected chi connectivity index (χ4v) is 1.87. The predicted molar refractivity (Wildman–Crippen MR) is 78.8 cm³/mol. The van der Waals surface area contributed by atoms with Crippen LogP contribution in [0.3, 0.4) is 0 Å². The first-order valence-electron chi connectivity index (χ1n) is 6.29. The van der Waals surface area contributed by atoms with Gasteiger partial charge in [0, 0.05) is 18.5 Å². The molecule has 0 aromatic heterocycles. The molecule has 0 unspecified atom stereocenters. The van der Waals surface area contributed by atoms with Crippen LogP contribution in [-0.2, 0) is 6.42 Å². The zero-order valence-electron chi connectivity index (χ0n) is 10.7. The Morgan fingerprint density at radius 2 is 2.17 bits per heavy atom. The highest BCUT2D eigenvalue weighted by Gasteiger charge is 2.05. The number of nitrogens with two attached hydrogens (primary N) is 1. The van der Waals surface area contributed by atoms with Crippen LogP contribution in [0.15, 0.2) is 24.3 Å². The van der Waals surface area contributed by atoms with Gasteiger partial charge in [0.2, 0.25) is 0 Å². The third-order valence-corrected chi connectivity index (χ3v) is 2.78. The number of amides is 1. The third kappa shape index (κ3) is 5.27. The Morgan fingerprint density at radius 1 is 1.39 bits per heavy atom. The molecule has 1 rings (SSSR count). The average molecular weight is 264 g/mol. The second-order valence-electron chi connectivity index (χ2n) is 4.31. The molecule has 3 N–H and O–H groups in total. The molecular formula is C14H20N2OS. The first kappa shape index (κ1) is 14.6. The van der Waals surface area contributed by atoms with Crippen LogP contribution in [0.5, 0.6) is 0 Å². The standard InChI is InChI=1S/C14H20N2OS/c1-2-3-4-8-16-14(17)12-7-5-6-11(9-12)10-13(15)18/h5-7,9H,2-4,8,10H2,1H3,(H2,15,18)(H,16,17). The summed E-state index contributed by atoms with van der Waals surface area (Å²) >= 11 is 4.86. The topological polar surface area (TPSA) is 55.1 Å². The number of rotatable bonds is 7. The minimum Gasteiger partial charge on any atom is -0.393 e. The molecule has 18 heavy (non-hydrogen) atoms. The van der Waals surface area contributed by atoms with Crippen LogP contribution < -0.4 is 11.1 Å². The zero-order valence-corrected chi connectivity index (χ0v) is 11.6. The fraction of sp³-hybridized carbons (Fsp3) is 0.429. The summed E-state index contributed by atoms with van der Waals surface area (Å²) in [5, 5.41) is 2.91. The van der Waals surface area contributed by atoms with Gasteiger partial charge in [-0.25, -0.2) is 0 Å². The second kappa shape index (κ2) is 7.82. The molecule has 1 aromatic carbocycles. The molecule has 0 bridgehead atoms. The first-order chi connectivity index (χ1) is 8.63. The highest BCUT2D eigenvalue weighted by atomic mass is 32.1. The molecule has 0 radical (unpaired) electrons. The maximum absolute atomic E-state index is 11.9. The van der Waals surface area contributed by atoms with E-state index in [0.29, 0.717) is 17.0 Å². The van der Waals surface area contributed by atoms with Gasteiger partial charge in [-0.3, -0.25) is 4.79 Å². The van der Waals surface area contributed by atoms with Gasteiger partial charge < -0.3 is 11.1 Å². The van der Waals surface area contributed by atoms with E-state index in [4.69, 9.17) is 18.0 Å².